The molecule has 4 atom stereocenters. The van der Waals surface area contributed by atoms with E-state index in [1.165, 1.54) is 23.0 Å². The number of halogens is 1. The zero-order chi connectivity index (χ0) is 81.4. The first kappa shape index (κ1) is 88.1. The van der Waals surface area contributed by atoms with Crippen LogP contribution < -0.4 is 48.1 Å². The van der Waals surface area contributed by atoms with Gasteiger partial charge in [-0.25, -0.2) is 32.6 Å². The van der Waals surface area contributed by atoms with Gasteiger partial charge in [-0.15, -0.1) is 0 Å². The van der Waals surface area contributed by atoms with Gasteiger partial charge in [-0.1, -0.05) is 55.0 Å². The highest BCUT2D eigenvalue weighted by Gasteiger charge is 2.50. The fraction of sp³-hybridized carbons (Fsp3) is 0.545. The number of amides is 8. The van der Waals surface area contributed by atoms with E-state index in [0.717, 1.165) is 19.1 Å². The molecule has 2 aromatic carbocycles. The van der Waals surface area contributed by atoms with Crippen LogP contribution in [0.15, 0.2) is 64.8 Å². The summed E-state index contributed by atoms with van der Waals surface area (Å²) < 4.78 is 94.7. The molecule has 3 aromatic heterocycles. The van der Waals surface area contributed by atoms with Gasteiger partial charge in [0.25, 0.3) is 5.56 Å². The number of sulfone groups is 1. The van der Waals surface area contributed by atoms with Crippen LogP contribution >= 0.6 is 0 Å². The van der Waals surface area contributed by atoms with E-state index in [1.54, 1.807) is 50.4 Å². The largest absolute Gasteiger partial charge is 0.458 e. The van der Waals surface area contributed by atoms with Gasteiger partial charge in [-0.2, -0.15) is 0 Å². The van der Waals surface area contributed by atoms with Crippen LogP contribution in [-0.2, 0) is 132 Å². The first-order chi connectivity index (χ1) is 55.0. The number of carbonyl (C=O) groups is 9. The van der Waals surface area contributed by atoms with Crippen LogP contribution in [0, 0.1) is 30.5 Å². The molecule has 1 saturated carbocycles. The Hall–Kier alpha value is -9.85. The van der Waals surface area contributed by atoms with E-state index in [4.69, 9.17) is 52.4 Å². The van der Waals surface area contributed by atoms with Gasteiger partial charge in [0.05, 0.1) is 159 Å². The molecule has 0 saturated heterocycles. The molecule has 0 bridgehead atoms. The second kappa shape index (κ2) is 44.7. The van der Waals surface area contributed by atoms with Gasteiger partial charge in [0.15, 0.2) is 5.60 Å². The van der Waals surface area contributed by atoms with Crippen molar-refractivity contribution in [1.82, 2.24) is 62.1 Å². The minimum Gasteiger partial charge on any atom is -0.458 e. The fourth-order valence-corrected chi connectivity index (χ4v) is 13.3. The molecule has 35 nitrogen and oxygen atoms in total. The molecule has 5 aromatic rings. The molecule has 8 amide bonds. The predicted molar refractivity (Wildman–Crippen MR) is 403 cm³/mol. The number of hydrogen-bond donors (Lipinski definition) is 9. The summed E-state index contributed by atoms with van der Waals surface area (Å²) in [5.41, 5.74) is 2.17. The summed E-state index contributed by atoms with van der Waals surface area (Å²) in [5, 5.41) is 32.8. The number of nitrogens with zero attached hydrogens (tertiary/aromatic N) is 4. The number of fused-ring (bicyclic) bond motifs is 5. The third-order valence-corrected chi connectivity index (χ3v) is 19.6. The Morgan fingerprint density at radius 3 is 1.92 bits per heavy atom. The molecule has 0 spiro atoms. The van der Waals surface area contributed by atoms with E-state index in [1.807, 2.05) is 0 Å². The minimum atomic E-state index is -3.61. The number of rotatable bonds is 50. The second-order valence-corrected chi connectivity index (χ2v) is 29.3. The van der Waals surface area contributed by atoms with Crippen LogP contribution in [0.5, 0.6) is 0 Å². The molecule has 4 aliphatic rings. The van der Waals surface area contributed by atoms with Crippen LogP contribution in [0.4, 0.5) is 4.39 Å². The maximum absolute atomic E-state index is 15.6. The molecule has 1 fully saturated rings. The first-order valence-corrected chi connectivity index (χ1v) is 39.6. The third kappa shape index (κ3) is 26.9. The number of aliphatic hydroxyl groups is 1. The normalized spacial score (nSPS) is 15.7. The van der Waals surface area contributed by atoms with E-state index in [0.29, 0.717) is 148 Å². The van der Waals surface area contributed by atoms with Crippen LogP contribution in [0.3, 0.4) is 0 Å². The van der Waals surface area contributed by atoms with Crippen LogP contribution in [-0.4, -0.2) is 250 Å². The Kier molecular flexibility index (Phi) is 34.6. The third-order valence-electron chi connectivity index (χ3n) is 18.8. The molecule has 37 heteroatoms. The molecule has 0 radical (unpaired) electrons. The average Bonchev–Trinajstić information content (AvgIpc) is 1.59. The molecule has 9 rings (SSSR count). The van der Waals surface area contributed by atoms with Crippen molar-refractivity contribution >= 4 is 74.0 Å². The lowest BCUT2D eigenvalue weighted by molar-refractivity contribution is -0.173. The number of aromatic nitrogens is 4. The number of aryl methyl sites for hydroxylation is 1. The fourth-order valence-electron chi connectivity index (χ4n) is 12.8. The van der Waals surface area contributed by atoms with E-state index < -0.39 is 131 Å². The number of benzene rings is 2. The summed E-state index contributed by atoms with van der Waals surface area (Å²) in [6.45, 7) is 4.26. The van der Waals surface area contributed by atoms with Gasteiger partial charge in [0.2, 0.25) is 62.3 Å². The quantitative estimate of drug-likeness (QED) is 0.00781. The van der Waals surface area contributed by atoms with Crippen molar-refractivity contribution in [2.45, 2.75) is 120 Å². The zero-order valence-electron chi connectivity index (χ0n) is 64.1. The lowest BCUT2D eigenvalue weighted by Gasteiger charge is -2.32. The number of nitrogens with one attached hydrogen (secondary N) is 8. The molecule has 2 aliphatic heterocycles. The number of ether oxygens (including phenoxy) is 10. The number of carbonyl (C=O) groups excluding carboxylic acids is 9. The monoisotopic (exact) mass is 1610 g/mol. The standard InChI is InChI=1S/C77H99FN12O23S/c1-49-53-16-17-58(70-54-45-90-62(71(54)89-60(69(53)70)38-57(49)78)37-56-55(74(90)99)46-113-75(100)77(56,101)39-51-14-15-51)86-68(96)47-112-48-85-66(94)43-82-73(98)61(36-50-10-6-4-7-11-50)88-67(95)44-81-65(93)42-80-63(91)19-18-59(87-64(92)13-9-5-8-12-52-40-83-76(84-41-52)114(3,102)103)72(97)79-20-21-105-24-25-107-28-29-109-32-33-111-35-34-110-31-30-108-27-26-106-23-22-104-2/h4,6-7,10-11,37-38,40-41,51,58-59,61,101H,5,9,13-36,39,42-48H2,1-3H3,(H,79,97)(H,80,91)(H,81,93)(H,82,98)(H,85,94)(H,86,96)(H,87,92)(H,88,95)/t58-,59-,61-,77-/m0/s1. The molecule has 0 unspecified atom stereocenters. The van der Waals surface area contributed by atoms with Crippen LogP contribution in [0.25, 0.3) is 22.3 Å². The lowest BCUT2D eigenvalue weighted by Crippen LogP contribution is -2.52. The summed E-state index contributed by atoms with van der Waals surface area (Å²) in [4.78, 5) is 146. The van der Waals surface area contributed by atoms with Crippen molar-refractivity contribution in [3.05, 3.63) is 116 Å². The SMILES string of the molecule is COCCOCCOCCOCCOCCOCCOCCOCCNC(=O)[C@H](CCC(=O)NCC(=O)NCC(=O)N[C@@H](Cc1ccccc1)C(=O)NCC(=O)NCOCC(=O)N[C@H]1CCc2c(C)c(F)cc3nc4c(c1c23)Cn1c-4cc2c(c1=O)COC(=O)[C@]2(O)CC1CC1)NC(=O)CCCC#Cc1cnc(S(C)(=O)=O)nc1. The first-order valence-electron chi connectivity index (χ1n) is 37.7. The number of pyridine rings is 2. The molecular formula is C77H99FN12O23S. The molecular weight excluding hydrogens is 1510 g/mol. The van der Waals surface area contributed by atoms with Gasteiger partial charge >= 0.3 is 5.97 Å². The number of cyclic esters (lactones) is 1. The van der Waals surface area contributed by atoms with Crippen molar-refractivity contribution in [1.29, 1.82) is 0 Å². The van der Waals surface area contributed by atoms with E-state index in [-0.39, 0.29) is 107 Å². The highest BCUT2D eigenvalue weighted by molar-refractivity contribution is 7.90. The Bertz CT molecular complexity index is 4430. The number of unbranched alkanes of at least 4 members (excludes halogenated alkanes) is 1. The minimum absolute atomic E-state index is 0.0319. The van der Waals surface area contributed by atoms with Crippen molar-refractivity contribution in [2.24, 2.45) is 5.92 Å². The predicted octanol–water partition coefficient (Wildman–Crippen LogP) is -0.254. The van der Waals surface area contributed by atoms with Gasteiger partial charge in [0.1, 0.15) is 37.8 Å². The number of esters is 1. The zero-order valence-corrected chi connectivity index (χ0v) is 64.9. The van der Waals surface area contributed by atoms with Gasteiger partial charge in [-0.05, 0) is 73.3 Å². The Labute approximate surface area is 657 Å². The molecule has 5 heterocycles. The topological polar surface area (TPSA) is 457 Å². The van der Waals surface area contributed by atoms with E-state index in [9.17, 15) is 61.5 Å². The van der Waals surface area contributed by atoms with Crippen LogP contribution in [0.2, 0.25) is 0 Å². The summed E-state index contributed by atoms with van der Waals surface area (Å²) in [6, 6.07) is 8.43. The summed E-state index contributed by atoms with van der Waals surface area (Å²) >= 11 is 0. The van der Waals surface area contributed by atoms with Gasteiger partial charge < -0.3 is 99.6 Å². The van der Waals surface area contributed by atoms with Crippen molar-refractivity contribution in [3.63, 3.8) is 0 Å². The van der Waals surface area contributed by atoms with E-state index in [2.05, 4.69) is 64.3 Å². The van der Waals surface area contributed by atoms with Gasteiger partial charge in [0, 0.05) is 80.6 Å². The Morgan fingerprint density at radius 2 is 1.28 bits per heavy atom. The molecule has 9 N–H and O–H groups in total. The molecule has 2 aliphatic carbocycles. The number of hydrogen-bond acceptors (Lipinski definition) is 26. The maximum Gasteiger partial charge on any atom is 0.343 e. The van der Waals surface area contributed by atoms with Crippen molar-refractivity contribution in [2.75, 3.05) is 152 Å². The van der Waals surface area contributed by atoms with Crippen molar-refractivity contribution in [3.8, 4) is 23.2 Å². The van der Waals surface area contributed by atoms with Gasteiger partial charge in [-0.3, -0.25) is 43.2 Å². The summed E-state index contributed by atoms with van der Waals surface area (Å²) in [7, 11) is -2.00. The Morgan fingerprint density at radius 1 is 0.684 bits per heavy atom. The number of methoxy groups -OCH3 is 1. The molecule has 114 heavy (non-hydrogen) atoms. The maximum atomic E-state index is 15.6. The average molecular weight is 1610 g/mol. The lowest BCUT2D eigenvalue weighted by atomic mass is 9.81. The van der Waals surface area contributed by atoms with Crippen molar-refractivity contribution < 1.29 is 108 Å². The Balaban J connectivity index is 0.676. The van der Waals surface area contributed by atoms with Crippen LogP contribution in [0.1, 0.15) is 108 Å². The smallest absolute Gasteiger partial charge is 0.343 e. The molecule has 618 valence electrons. The summed E-state index contributed by atoms with van der Waals surface area (Å²) in [5.74, 6) is -1.02. The highest BCUT2D eigenvalue weighted by Crippen LogP contribution is 2.48. The van der Waals surface area contributed by atoms with E-state index >= 15 is 4.39 Å². The summed E-state index contributed by atoms with van der Waals surface area (Å²) in [6.07, 6.45) is 5.87. The second-order valence-electron chi connectivity index (χ2n) is 27.3. The highest BCUT2D eigenvalue weighted by atomic mass is 32.2.